The first kappa shape index (κ1) is 25.2. The standard InChI is InChI=1S/C32H39N5O/c33-19-25-9-11-29(12-10-25)37-21-26(22-37)20-35-16-13-28(14-17-35)32(23-36-18-15-34-24-36,27-5-2-1-3-6-27)30-7-4-8-31(30)38/h1-3,5-6,9-12,15,18,24,26,28,30-31,38H,4,7-8,13-14,16-17,20-23H2/t30-,31-,32?/m0/s1. The average Bonchev–Trinajstić information content (AvgIpc) is 3.62. The third-order valence-corrected chi connectivity index (χ3v) is 9.61. The van der Waals surface area contributed by atoms with Crippen LogP contribution in [0.4, 0.5) is 5.69 Å². The van der Waals surface area contributed by atoms with E-state index in [0.29, 0.717) is 11.8 Å². The van der Waals surface area contributed by atoms with Gasteiger partial charge in [-0.05, 0) is 80.4 Å². The number of aromatic nitrogens is 2. The number of piperidine rings is 1. The minimum Gasteiger partial charge on any atom is -0.393 e. The number of imidazole rings is 1. The second-order valence-electron chi connectivity index (χ2n) is 11.8. The van der Waals surface area contributed by atoms with E-state index in [9.17, 15) is 5.11 Å². The van der Waals surface area contributed by atoms with Crippen molar-refractivity contribution in [1.82, 2.24) is 14.5 Å². The fourth-order valence-electron chi connectivity index (χ4n) is 7.70. The normalized spacial score (nSPS) is 24.6. The summed E-state index contributed by atoms with van der Waals surface area (Å²) < 4.78 is 2.25. The van der Waals surface area contributed by atoms with Gasteiger partial charge in [0, 0.05) is 55.6 Å². The van der Waals surface area contributed by atoms with E-state index in [2.05, 4.69) is 74.1 Å². The van der Waals surface area contributed by atoms with Gasteiger partial charge in [-0.1, -0.05) is 36.8 Å². The first-order valence-electron chi connectivity index (χ1n) is 14.3. The lowest BCUT2D eigenvalue weighted by Gasteiger charge is -2.51. The molecule has 6 nitrogen and oxygen atoms in total. The predicted molar refractivity (Wildman–Crippen MR) is 150 cm³/mol. The van der Waals surface area contributed by atoms with Gasteiger partial charge in [-0.2, -0.15) is 5.26 Å². The number of hydrogen-bond acceptors (Lipinski definition) is 5. The van der Waals surface area contributed by atoms with Gasteiger partial charge >= 0.3 is 0 Å². The van der Waals surface area contributed by atoms with Crippen molar-refractivity contribution in [3.8, 4) is 6.07 Å². The Morgan fingerprint density at radius 1 is 0.974 bits per heavy atom. The molecule has 3 aromatic rings. The lowest BCUT2D eigenvalue weighted by atomic mass is 9.58. The Bertz CT molecular complexity index is 1210. The van der Waals surface area contributed by atoms with E-state index in [-0.39, 0.29) is 17.4 Å². The van der Waals surface area contributed by atoms with Crippen LogP contribution < -0.4 is 4.90 Å². The van der Waals surface area contributed by atoms with Gasteiger partial charge in [0.1, 0.15) is 0 Å². The van der Waals surface area contributed by atoms with Crippen molar-refractivity contribution < 1.29 is 5.11 Å². The molecule has 3 heterocycles. The number of aliphatic hydroxyl groups is 1. The third-order valence-electron chi connectivity index (χ3n) is 9.61. The van der Waals surface area contributed by atoms with Gasteiger partial charge < -0.3 is 19.5 Å². The lowest BCUT2D eigenvalue weighted by molar-refractivity contribution is 0.0123. The number of aliphatic hydroxyl groups excluding tert-OH is 1. The maximum absolute atomic E-state index is 11.2. The second-order valence-corrected chi connectivity index (χ2v) is 11.8. The molecule has 2 aromatic carbocycles. The molecule has 1 unspecified atom stereocenters. The van der Waals surface area contributed by atoms with Gasteiger partial charge in [0.25, 0.3) is 0 Å². The number of hydrogen-bond donors (Lipinski definition) is 1. The highest BCUT2D eigenvalue weighted by atomic mass is 16.3. The van der Waals surface area contributed by atoms with E-state index in [1.807, 2.05) is 24.7 Å². The van der Waals surface area contributed by atoms with Crippen molar-refractivity contribution in [2.45, 2.75) is 50.2 Å². The zero-order valence-electron chi connectivity index (χ0n) is 22.2. The van der Waals surface area contributed by atoms with Crippen LogP contribution in [0.1, 0.15) is 43.2 Å². The molecule has 0 radical (unpaired) electrons. The van der Waals surface area contributed by atoms with Crippen LogP contribution in [0.25, 0.3) is 0 Å². The van der Waals surface area contributed by atoms with Crippen LogP contribution in [-0.2, 0) is 12.0 Å². The summed E-state index contributed by atoms with van der Waals surface area (Å²) in [7, 11) is 0. The molecule has 1 aliphatic carbocycles. The maximum atomic E-state index is 11.2. The molecule has 0 spiro atoms. The minimum absolute atomic E-state index is 0.0905. The lowest BCUT2D eigenvalue weighted by Crippen LogP contribution is -2.55. The number of likely N-dealkylation sites (tertiary alicyclic amines) is 1. The highest BCUT2D eigenvalue weighted by molar-refractivity contribution is 5.51. The zero-order valence-corrected chi connectivity index (χ0v) is 22.2. The van der Waals surface area contributed by atoms with E-state index >= 15 is 0 Å². The quantitative estimate of drug-likeness (QED) is 0.477. The molecule has 1 N–H and O–H groups in total. The summed E-state index contributed by atoms with van der Waals surface area (Å²) in [5, 5.41) is 20.3. The van der Waals surface area contributed by atoms with Gasteiger partial charge in [0.2, 0.25) is 0 Å². The van der Waals surface area contributed by atoms with Gasteiger partial charge in [-0.25, -0.2) is 4.98 Å². The summed E-state index contributed by atoms with van der Waals surface area (Å²) in [5.41, 5.74) is 3.24. The molecule has 1 saturated carbocycles. The van der Waals surface area contributed by atoms with Gasteiger partial charge in [-0.15, -0.1) is 0 Å². The Morgan fingerprint density at radius 3 is 2.37 bits per heavy atom. The number of benzene rings is 2. The fourth-order valence-corrected chi connectivity index (χ4v) is 7.70. The first-order valence-corrected chi connectivity index (χ1v) is 14.3. The first-order chi connectivity index (χ1) is 18.7. The predicted octanol–water partition coefficient (Wildman–Crippen LogP) is 4.70. The van der Waals surface area contributed by atoms with Crippen LogP contribution in [0, 0.1) is 29.1 Å². The monoisotopic (exact) mass is 509 g/mol. The highest BCUT2D eigenvalue weighted by Crippen LogP contribution is 2.51. The third kappa shape index (κ3) is 4.86. The summed E-state index contributed by atoms with van der Waals surface area (Å²) in [4.78, 5) is 9.46. The number of nitrogens with zero attached hydrogens (tertiary/aromatic N) is 5. The van der Waals surface area contributed by atoms with Crippen LogP contribution in [0.3, 0.4) is 0 Å². The molecular weight excluding hydrogens is 470 g/mol. The largest absolute Gasteiger partial charge is 0.393 e. The van der Waals surface area contributed by atoms with Gasteiger partial charge in [0.15, 0.2) is 0 Å². The molecule has 2 saturated heterocycles. The van der Waals surface area contributed by atoms with Gasteiger partial charge in [0.05, 0.1) is 24.1 Å². The summed E-state index contributed by atoms with van der Waals surface area (Å²) in [6, 6.07) is 21.2. The maximum Gasteiger partial charge on any atom is 0.0991 e. The molecule has 38 heavy (non-hydrogen) atoms. The van der Waals surface area contributed by atoms with Gasteiger partial charge in [-0.3, -0.25) is 0 Å². The van der Waals surface area contributed by atoms with Crippen LogP contribution >= 0.6 is 0 Å². The van der Waals surface area contributed by atoms with Crippen molar-refractivity contribution in [2.75, 3.05) is 37.6 Å². The second kappa shape index (κ2) is 10.9. The van der Waals surface area contributed by atoms with Crippen LogP contribution in [-0.4, -0.2) is 58.4 Å². The molecule has 198 valence electrons. The Kier molecular flexibility index (Phi) is 7.23. The summed E-state index contributed by atoms with van der Waals surface area (Å²) in [5.74, 6) is 1.50. The summed E-state index contributed by atoms with van der Waals surface area (Å²) in [6.45, 7) is 6.47. The Labute approximate surface area is 226 Å². The fraction of sp³-hybridized carbons (Fsp3) is 0.500. The van der Waals surface area contributed by atoms with E-state index in [1.165, 1.54) is 24.1 Å². The van der Waals surface area contributed by atoms with Crippen LogP contribution in [0.2, 0.25) is 0 Å². The Balaban J connectivity index is 1.15. The molecule has 6 heteroatoms. The summed E-state index contributed by atoms with van der Waals surface area (Å²) >= 11 is 0. The van der Waals surface area contributed by atoms with E-state index in [0.717, 1.165) is 64.1 Å². The van der Waals surface area contributed by atoms with E-state index in [1.54, 1.807) is 0 Å². The van der Waals surface area contributed by atoms with E-state index in [4.69, 9.17) is 5.26 Å². The molecule has 3 atom stereocenters. The molecule has 2 aliphatic heterocycles. The average molecular weight is 510 g/mol. The van der Waals surface area contributed by atoms with Crippen molar-refractivity contribution in [3.63, 3.8) is 0 Å². The molecule has 0 bridgehead atoms. The molecule has 0 amide bonds. The summed E-state index contributed by atoms with van der Waals surface area (Å²) in [6.07, 6.45) is 11.1. The van der Waals surface area contributed by atoms with Crippen LogP contribution in [0.15, 0.2) is 73.3 Å². The molecule has 1 aromatic heterocycles. The molecule has 6 rings (SSSR count). The van der Waals surface area contributed by atoms with Crippen molar-refractivity contribution in [2.24, 2.45) is 17.8 Å². The molecular formula is C32H39N5O. The van der Waals surface area contributed by atoms with Crippen molar-refractivity contribution in [1.29, 1.82) is 5.26 Å². The molecule has 3 fully saturated rings. The molecule has 3 aliphatic rings. The Morgan fingerprint density at radius 2 is 1.74 bits per heavy atom. The highest BCUT2D eigenvalue weighted by Gasteiger charge is 2.51. The Hall–Kier alpha value is -3.14. The zero-order chi connectivity index (χ0) is 26.0. The topological polar surface area (TPSA) is 68.3 Å². The number of anilines is 1. The number of rotatable bonds is 8. The number of nitriles is 1. The van der Waals surface area contributed by atoms with E-state index < -0.39 is 0 Å². The SMILES string of the molecule is N#Cc1ccc(N2CC(CN3CCC(C(Cn4ccnc4)(c4ccccc4)[C@H]4CCC[C@@H]4O)CC3)C2)cc1. The smallest absolute Gasteiger partial charge is 0.0991 e. The van der Waals surface area contributed by atoms with Crippen molar-refractivity contribution >= 4 is 5.69 Å². The van der Waals surface area contributed by atoms with Crippen molar-refractivity contribution in [3.05, 3.63) is 84.4 Å². The minimum atomic E-state index is -0.236. The van der Waals surface area contributed by atoms with Crippen LogP contribution in [0.5, 0.6) is 0 Å².